The van der Waals surface area contributed by atoms with Crippen molar-refractivity contribution in [2.24, 2.45) is 7.05 Å². The van der Waals surface area contributed by atoms with Crippen molar-refractivity contribution in [3.63, 3.8) is 0 Å². The fourth-order valence-corrected chi connectivity index (χ4v) is 4.38. The van der Waals surface area contributed by atoms with Crippen LogP contribution in [-0.4, -0.2) is 48.6 Å². The maximum atomic E-state index is 8.95. The lowest BCUT2D eigenvalue weighted by molar-refractivity contribution is -0.259. The van der Waals surface area contributed by atoms with Crippen molar-refractivity contribution in [1.29, 1.82) is 0 Å². The number of benzene rings is 1. The number of rotatable bonds is 6. The minimum atomic E-state index is -1.70. The van der Waals surface area contributed by atoms with Crippen molar-refractivity contribution < 1.29 is 14.9 Å². The van der Waals surface area contributed by atoms with Gasteiger partial charge in [-0.2, -0.15) is 5.10 Å². The number of anilines is 1. The van der Waals surface area contributed by atoms with Crippen molar-refractivity contribution in [3.05, 3.63) is 36.3 Å². The zero-order chi connectivity index (χ0) is 21.3. The van der Waals surface area contributed by atoms with E-state index in [0.717, 1.165) is 53.7 Å². The summed E-state index contributed by atoms with van der Waals surface area (Å²) in [6.07, 6.45) is 4.81. The van der Waals surface area contributed by atoms with Gasteiger partial charge in [0.2, 0.25) is 0 Å². The van der Waals surface area contributed by atoms with E-state index in [0.29, 0.717) is 5.92 Å². The molecule has 2 heterocycles. The quantitative estimate of drug-likeness (QED) is 0.535. The highest BCUT2D eigenvalue weighted by Gasteiger charge is 2.23. The minimum Gasteiger partial charge on any atom is -0.367 e. The van der Waals surface area contributed by atoms with Gasteiger partial charge in [-0.15, -0.1) is 0 Å². The number of nitrogens with zero attached hydrogens (tertiary/aromatic N) is 4. The van der Waals surface area contributed by atoms with Crippen LogP contribution in [0.2, 0.25) is 0 Å². The van der Waals surface area contributed by atoms with E-state index in [1.165, 1.54) is 5.69 Å². The van der Waals surface area contributed by atoms with E-state index in [1.807, 2.05) is 29.9 Å². The summed E-state index contributed by atoms with van der Waals surface area (Å²) in [6.45, 7) is 2.66. The van der Waals surface area contributed by atoms with E-state index in [2.05, 4.69) is 40.3 Å². The maximum absolute atomic E-state index is 8.95. The highest BCUT2D eigenvalue weighted by Crippen LogP contribution is 2.30. The fourth-order valence-electron chi connectivity index (χ4n) is 4.38. The third-order valence-corrected chi connectivity index (χ3v) is 5.73. The van der Waals surface area contributed by atoms with Gasteiger partial charge >= 0.3 is 0 Å². The molecule has 1 aliphatic carbocycles. The smallest absolute Gasteiger partial charge is 0.266 e. The summed E-state index contributed by atoms with van der Waals surface area (Å²) in [5.74, 6) is 1.17. The molecule has 8 heteroatoms. The molecule has 1 saturated carbocycles. The number of aliphatic hydroxyl groups is 2. The summed E-state index contributed by atoms with van der Waals surface area (Å²) in [5, 5.41) is 27.2. The van der Waals surface area contributed by atoms with Gasteiger partial charge in [-0.3, -0.25) is 4.68 Å². The molecular formula is C22H29N5O3. The number of nitrogens with one attached hydrogen (secondary N) is 1. The molecular weight excluding hydrogens is 382 g/mol. The monoisotopic (exact) mass is 411 g/mol. The van der Waals surface area contributed by atoms with Crippen molar-refractivity contribution in [2.45, 2.75) is 64.1 Å². The lowest BCUT2D eigenvalue weighted by Gasteiger charge is -2.29. The largest absolute Gasteiger partial charge is 0.367 e. The maximum Gasteiger partial charge on any atom is 0.266 e. The van der Waals surface area contributed by atoms with Crippen LogP contribution in [0.4, 0.5) is 5.82 Å². The Morgan fingerprint density at radius 1 is 1.10 bits per heavy atom. The first kappa shape index (κ1) is 20.7. The third-order valence-electron chi connectivity index (χ3n) is 5.73. The molecule has 8 nitrogen and oxygen atoms in total. The first-order chi connectivity index (χ1) is 14.4. The van der Waals surface area contributed by atoms with Gasteiger partial charge in [0.1, 0.15) is 12.1 Å². The first-order valence-corrected chi connectivity index (χ1v) is 10.5. The van der Waals surface area contributed by atoms with Crippen LogP contribution in [0.15, 0.2) is 30.6 Å². The van der Waals surface area contributed by atoms with Crippen molar-refractivity contribution >= 4 is 16.7 Å². The number of ether oxygens (including phenoxy) is 1. The van der Waals surface area contributed by atoms with E-state index in [4.69, 9.17) is 14.9 Å². The second-order valence-corrected chi connectivity index (χ2v) is 8.26. The standard InChI is InChI=1S/C22H29N5O3/c1-13(2)21-17-10-14(4-9-18(17)26-27(21)3)19-11-20(24-12-23-19)25-15-5-7-16(8-6-15)30-22(28)29/h4,9-13,15-16,22,28-29H,5-8H2,1-3H3,(H,23,24,25)/t15-,16-. The molecule has 1 aromatic carbocycles. The molecule has 0 aliphatic heterocycles. The number of fused-ring (bicyclic) bond motifs is 1. The van der Waals surface area contributed by atoms with Gasteiger partial charge in [0, 0.05) is 35.8 Å². The van der Waals surface area contributed by atoms with Gasteiger partial charge < -0.3 is 20.3 Å². The number of aliphatic hydroxyl groups excluding tert-OH is 1. The molecule has 30 heavy (non-hydrogen) atoms. The van der Waals surface area contributed by atoms with Crippen molar-refractivity contribution in [1.82, 2.24) is 19.7 Å². The average Bonchev–Trinajstić information content (AvgIpc) is 3.04. The minimum absolute atomic E-state index is 0.106. The summed E-state index contributed by atoms with van der Waals surface area (Å²) in [5.41, 5.74) is 4.11. The summed E-state index contributed by atoms with van der Waals surface area (Å²) >= 11 is 0. The zero-order valence-corrected chi connectivity index (χ0v) is 17.6. The Morgan fingerprint density at radius 3 is 2.57 bits per heavy atom. The zero-order valence-electron chi connectivity index (χ0n) is 17.6. The highest BCUT2D eigenvalue weighted by atomic mass is 16.7. The van der Waals surface area contributed by atoms with E-state index in [9.17, 15) is 0 Å². The molecule has 0 atom stereocenters. The summed E-state index contributed by atoms with van der Waals surface area (Å²) in [6, 6.07) is 8.51. The molecule has 0 saturated heterocycles. The molecule has 160 valence electrons. The Morgan fingerprint density at radius 2 is 1.87 bits per heavy atom. The Hall–Kier alpha value is -2.55. The first-order valence-electron chi connectivity index (χ1n) is 10.5. The van der Waals surface area contributed by atoms with Crippen LogP contribution in [0.5, 0.6) is 0 Å². The number of aryl methyl sites for hydroxylation is 1. The second kappa shape index (κ2) is 8.67. The predicted molar refractivity (Wildman–Crippen MR) is 115 cm³/mol. The lowest BCUT2D eigenvalue weighted by Crippen LogP contribution is -2.32. The van der Waals surface area contributed by atoms with Gasteiger partial charge in [-0.25, -0.2) is 9.97 Å². The molecule has 0 unspecified atom stereocenters. The van der Waals surface area contributed by atoms with E-state index >= 15 is 0 Å². The molecule has 1 aliphatic rings. The topological polar surface area (TPSA) is 105 Å². The van der Waals surface area contributed by atoms with E-state index < -0.39 is 6.48 Å². The molecule has 3 aromatic rings. The summed E-state index contributed by atoms with van der Waals surface area (Å²) in [4.78, 5) is 8.87. The number of hydrogen-bond acceptors (Lipinski definition) is 7. The Balaban J connectivity index is 1.51. The van der Waals surface area contributed by atoms with Gasteiger partial charge in [-0.1, -0.05) is 19.9 Å². The van der Waals surface area contributed by atoms with Crippen LogP contribution in [0, 0.1) is 0 Å². The summed E-state index contributed by atoms with van der Waals surface area (Å²) in [7, 11) is 1.99. The van der Waals surface area contributed by atoms with Crippen LogP contribution in [0.25, 0.3) is 22.2 Å². The molecule has 0 amide bonds. The molecule has 4 rings (SSSR count). The normalized spacial score (nSPS) is 19.7. The average molecular weight is 412 g/mol. The highest BCUT2D eigenvalue weighted by molar-refractivity contribution is 5.86. The molecule has 0 spiro atoms. The Labute approximate surface area is 175 Å². The SMILES string of the molecule is CC(C)c1c2cc(-c3cc(N[C@H]4CC[C@H](OC(O)O)CC4)ncn3)ccc2nn1C. The molecule has 3 N–H and O–H groups in total. The van der Waals surface area contributed by atoms with Gasteiger partial charge in [0.15, 0.2) is 0 Å². The number of aromatic nitrogens is 4. The van der Waals surface area contributed by atoms with Crippen LogP contribution in [0.1, 0.15) is 51.1 Å². The Bertz CT molecular complexity index is 1010. The van der Waals surface area contributed by atoms with E-state index in [1.54, 1.807) is 6.33 Å². The summed E-state index contributed by atoms with van der Waals surface area (Å²) < 4.78 is 7.04. The molecule has 0 radical (unpaired) electrons. The van der Waals surface area contributed by atoms with Crippen molar-refractivity contribution in [2.75, 3.05) is 5.32 Å². The number of hydrogen-bond donors (Lipinski definition) is 3. The van der Waals surface area contributed by atoms with E-state index in [-0.39, 0.29) is 12.1 Å². The third kappa shape index (κ3) is 4.45. The molecule has 0 bridgehead atoms. The van der Waals surface area contributed by atoms with Gasteiger partial charge in [-0.05, 0) is 43.7 Å². The second-order valence-electron chi connectivity index (χ2n) is 8.26. The van der Waals surface area contributed by atoms with Crippen LogP contribution >= 0.6 is 0 Å². The van der Waals surface area contributed by atoms with Crippen LogP contribution < -0.4 is 5.32 Å². The van der Waals surface area contributed by atoms with Crippen LogP contribution in [-0.2, 0) is 11.8 Å². The van der Waals surface area contributed by atoms with Gasteiger partial charge in [0.25, 0.3) is 6.48 Å². The van der Waals surface area contributed by atoms with Crippen LogP contribution in [0.3, 0.4) is 0 Å². The van der Waals surface area contributed by atoms with Gasteiger partial charge in [0.05, 0.1) is 17.3 Å². The molecule has 1 fully saturated rings. The Kier molecular flexibility index (Phi) is 5.99. The lowest BCUT2D eigenvalue weighted by atomic mass is 9.93. The molecule has 2 aromatic heterocycles. The predicted octanol–water partition coefficient (Wildman–Crippen LogP) is 3.16. The van der Waals surface area contributed by atoms with Crippen molar-refractivity contribution in [3.8, 4) is 11.3 Å². The fraction of sp³-hybridized carbons (Fsp3) is 0.500.